The quantitative estimate of drug-likeness (QED) is 0.239. The van der Waals surface area contributed by atoms with Crippen molar-refractivity contribution in [3.8, 4) is 0 Å². The van der Waals surface area contributed by atoms with E-state index < -0.39 is 15.8 Å². The van der Waals surface area contributed by atoms with Crippen LogP contribution >= 0.6 is 0 Å². The Hall–Kier alpha value is -3.81. The van der Waals surface area contributed by atoms with Crippen LogP contribution in [0, 0.1) is 20.2 Å². The van der Waals surface area contributed by atoms with Gasteiger partial charge in [-0.2, -0.15) is 0 Å². The number of rotatable bonds is 7. The highest BCUT2D eigenvalue weighted by Gasteiger charge is 2.13. The lowest BCUT2D eigenvalue weighted by atomic mass is 9.96. The lowest BCUT2D eigenvalue weighted by Gasteiger charge is -2.08. The third-order valence-corrected chi connectivity index (χ3v) is 3.52. The summed E-state index contributed by atoms with van der Waals surface area (Å²) in [5, 5.41) is 22.1. The van der Waals surface area contributed by atoms with Crippen molar-refractivity contribution in [2.45, 2.75) is 6.92 Å². The molecule has 0 atom stereocenters. The highest BCUT2D eigenvalue weighted by Crippen LogP contribution is 2.28. The van der Waals surface area contributed by atoms with Crippen LogP contribution in [0.1, 0.15) is 18.1 Å². The molecular formula is C19H16N2O6. The maximum absolute atomic E-state index is 11.5. The highest BCUT2D eigenvalue weighted by atomic mass is 16.6. The Morgan fingerprint density at radius 1 is 1.00 bits per heavy atom. The number of allylic oxidation sites excluding steroid dienone is 2. The molecule has 0 radical (unpaired) electrons. The minimum absolute atomic E-state index is 0.113. The number of carbonyl (C=O) groups excluding carboxylic acids is 1. The Labute approximate surface area is 154 Å². The summed E-state index contributed by atoms with van der Waals surface area (Å²) in [6.07, 6.45) is 4.19. The number of benzene rings is 2. The van der Waals surface area contributed by atoms with Crippen LogP contribution in [0.3, 0.4) is 0 Å². The molecule has 2 rings (SSSR count). The summed E-state index contributed by atoms with van der Waals surface area (Å²) in [5.74, 6) is -0.536. The maximum atomic E-state index is 11.5. The van der Waals surface area contributed by atoms with Gasteiger partial charge in [0.25, 0.3) is 11.4 Å². The van der Waals surface area contributed by atoms with Gasteiger partial charge in [-0.25, -0.2) is 4.79 Å². The van der Waals surface area contributed by atoms with Gasteiger partial charge in [0.2, 0.25) is 0 Å². The molecule has 0 aromatic heterocycles. The molecule has 0 saturated heterocycles. The first-order chi connectivity index (χ1) is 12.9. The van der Waals surface area contributed by atoms with Gasteiger partial charge in [0.1, 0.15) is 0 Å². The van der Waals surface area contributed by atoms with E-state index in [1.807, 2.05) is 0 Å². The summed E-state index contributed by atoms with van der Waals surface area (Å²) in [7, 11) is 0. The van der Waals surface area contributed by atoms with E-state index in [9.17, 15) is 25.0 Å². The normalized spacial score (nSPS) is 10.4. The molecule has 0 spiro atoms. The summed E-state index contributed by atoms with van der Waals surface area (Å²) in [6, 6.07) is 11.8. The first-order valence-corrected chi connectivity index (χ1v) is 7.97. The lowest BCUT2D eigenvalue weighted by molar-refractivity contribution is -0.385. The number of nitrogens with zero attached hydrogens (tertiary/aromatic N) is 2. The van der Waals surface area contributed by atoms with Gasteiger partial charge in [0, 0.05) is 30.3 Å². The van der Waals surface area contributed by atoms with E-state index in [1.165, 1.54) is 48.6 Å². The van der Waals surface area contributed by atoms with Crippen molar-refractivity contribution in [1.29, 1.82) is 0 Å². The summed E-state index contributed by atoms with van der Waals surface area (Å²) in [6.45, 7) is 1.91. The van der Waals surface area contributed by atoms with Crippen molar-refractivity contribution in [2.24, 2.45) is 0 Å². The standard InChI is InChI=1S/C19H16N2O6/c1-2-27-19(22)11-5-10-18(14-6-3-8-16(12-14)20(23)24)15-7-4-9-17(13-15)21(25)26/h3-13H,2H2,1H3/b11-5-. The van der Waals surface area contributed by atoms with Crippen LogP contribution in [0.4, 0.5) is 11.4 Å². The van der Waals surface area contributed by atoms with Gasteiger partial charge in [-0.3, -0.25) is 20.2 Å². The van der Waals surface area contributed by atoms with Gasteiger partial charge in [0.05, 0.1) is 16.5 Å². The van der Waals surface area contributed by atoms with E-state index in [-0.39, 0.29) is 18.0 Å². The molecule has 0 saturated carbocycles. The predicted molar refractivity (Wildman–Crippen MR) is 99.0 cm³/mol. The van der Waals surface area contributed by atoms with Crippen molar-refractivity contribution in [1.82, 2.24) is 0 Å². The van der Waals surface area contributed by atoms with Gasteiger partial charge in [-0.1, -0.05) is 36.4 Å². The zero-order valence-electron chi connectivity index (χ0n) is 14.4. The van der Waals surface area contributed by atoms with Crippen LogP contribution in [0.25, 0.3) is 5.57 Å². The van der Waals surface area contributed by atoms with E-state index in [4.69, 9.17) is 4.74 Å². The van der Waals surface area contributed by atoms with E-state index in [2.05, 4.69) is 0 Å². The lowest BCUT2D eigenvalue weighted by Crippen LogP contribution is -1.98. The van der Waals surface area contributed by atoms with Crippen LogP contribution < -0.4 is 0 Å². The fourth-order valence-corrected chi connectivity index (χ4v) is 2.35. The molecule has 0 aliphatic rings. The van der Waals surface area contributed by atoms with Crippen molar-refractivity contribution in [3.63, 3.8) is 0 Å². The first-order valence-electron chi connectivity index (χ1n) is 7.97. The molecule has 8 nitrogen and oxygen atoms in total. The van der Waals surface area contributed by atoms with Gasteiger partial charge in [-0.15, -0.1) is 0 Å². The second-order valence-corrected chi connectivity index (χ2v) is 5.31. The smallest absolute Gasteiger partial charge is 0.330 e. The zero-order valence-corrected chi connectivity index (χ0v) is 14.4. The fraction of sp³-hybridized carbons (Fsp3) is 0.105. The molecule has 0 aliphatic carbocycles. The number of hydrogen-bond acceptors (Lipinski definition) is 6. The van der Waals surface area contributed by atoms with E-state index in [1.54, 1.807) is 25.1 Å². The van der Waals surface area contributed by atoms with Crippen molar-refractivity contribution < 1.29 is 19.4 Å². The molecule has 0 heterocycles. The topological polar surface area (TPSA) is 113 Å². The van der Waals surface area contributed by atoms with E-state index in [0.717, 1.165) is 0 Å². The van der Waals surface area contributed by atoms with Gasteiger partial charge >= 0.3 is 5.97 Å². The predicted octanol–water partition coefficient (Wildman–Crippen LogP) is 4.05. The third-order valence-electron chi connectivity index (χ3n) is 3.52. The Balaban J connectivity index is 2.53. The summed E-state index contributed by atoms with van der Waals surface area (Å²) in [5.41, 5.74) is 1.23. The van der Waals surface area contributed by atoms with Gasteiger partial charge < -0.3 is 4.74 Å². The maximum Gasteiger partial charge on any atom is 0.330 e. The molecular weight excluding hydrogens is 352 g/mol. The molecule has 27 heavy (non-hydrogen) atoms. The molecule has 0 fully saturated rings. The number of esters is 1. The second-order valence-electron chi connectivity index (χ2n) is 5.31. The zero-order chi connectivity index (χ0) is 19.8. The molecule has 0 aliphatic heterocycles. The van der Waals surface area contributed by atoms with Crippen molar-refractivity contribution in [3.05, 3.63) is 98.1 Å². The molecule has 0 unspecified atom stereocenters. The van der Waals surface area contributed by atoms with Gasteiger partial charge in [-0.05, 0) is 23.6 Å². The molecule has 138 valence electrons. The number of carbonyl (C=O) groups is 1. The Morgan fingerprint density at radius 2 is 1.52 bits per heavy atom. The fourth-order valence-electron chi connectivity index (χ4n) is 2.35. The minimum atomic E-state index is -0.536. The monoisotopic (exact) mass is 368 g/mol. The number of nitro groups is 2. The summed E-state index contributed by atoms with van der Waals surface area (Å²) < 4.78 is 4.80. The summed E-state index contributed by atoms with van der Waals surface area (Å²) >= 11 is 0. The van der Waals surface area contributed by atoms with Crippen molar-refractivity contribution >= 4 is 22.9 Å². The Kier molecular flexibility index (Phi) is 6.54. The van der Waals surface area contributed by atoms with Crippen LogP contribution in [0.5, 0.6) is 0 Å². The Bertz CT molecular complexity index is 874. The largest absolute Gasteiger partial charge is 0.463 e. The number of ether oxygens (including phenoxy) is 1. The van der Waals surface area contributed by atoms with Gasteiger partial charge in [0.15, 0.2) is 0 Å². The number of non-ortho nitro benzene ring substituents is 2. The minimum Gasteiger partial charge on any atom is -0.463 e. The molecule has 8 heteroatoms. The van der Waals surface area contributed by atoms with Crippen LogP contribution in [0.15, 0.2) is 66.8 Å². The van der Waals surface area contributed by atoms with Crippen molar-refractivity contribution in [2.75, 3.05) is 6.61 Å². The third kappa shape index (κ3) is 5.33. The van der Waals surface area contributed by atoms with Crippen LogP contribution in [-0.2, 0) is 9.53 Å². The molecule has 0 bridgehead atoms. The van der Waals surface area contributed by atoms with E-state index >= 15 is 0 Å². The molecule has 2 aromatic carbocycles. The summed E-state index contributed by atoms with van der Waals surface area (Å²) in [4.78, 5) is 32.5. The molecule has 0 N–H and O–H groups in total. The Morgan fingerprint density at radius 3 is 1.96 bits per heavy atom. The first kappa shape index (κ1) is 19.5. The van der Waals surface area contributed by atoms with E-state index in [0.29, 0.717) is 16.7 Å². The molecule has 2 aromatic rings. The van der Waals surface area contributed by atoms with Crippen LogP contribution in [-0.4, -0.2) is 22.4 Å². The van der Waals surface area contributed by atoms with Crippen LogP contribution in [0.2, 0.25) is 0 Å². The number of nitro benzene ring substituents is 2. The molecule has 0 amide bonds. The average molecular weight is 368 g/mol. The highest BCUT2D eigenvalue weighted by molar-refractivity contribution is 5.85. The number of hydrogen-bond donors (Lipinski definition) is 0. The second kappa shape index (κ2) is 9.04. The average Bonchev–Trinajstić information content (AvgIpc) is 2.65. The SMILES string of the molecule is CCOC(=O)/C=C\C=C(c1cccc([N+](=O)[O-])c1)c1cccc([N+](=O)[O-])c1.